The average Bonchev–Trinajstić information content (AvgIpc) is 3.00. The van der Waals surface area contributed by atoms with Crippen LogP contribution < -0.4 is 5.32 Å². The summed E-state index contributed by atoms with van der Waals surface area (Å²) in [6.45, 7) is 6.32. The fourth-order valence-electron chi connectivity index (χ4n) is 2.13. The molecule has 2 rings (SSSR count). The normalized spacial score (nSPS) is 12.8. The topological polar surface area (TPSA) is 29.9 Å². The van der Waals surface area contributed by atoms with E-state index >= 15 is 0 Å². The van der Waals surface area contributed by atoms with Gasteiger partial charge in [-0.3, -0.25) is 4.68 Å². The Hall–Kier alpha value is -0.170. The Balaban J connectivity index is 2.33. The Morgan fingerprint density at radius 2 is 2.15 bits per heavy atom. The maximum atomic E-state index is 4.45. The second-order valence-electron chi connectivity index (χ2n) is 4.64. The van der Waals surface area contributed by atoms with Crippen LogP contribution in [-0.2, 0) is 6.54 Å². The summed E-state index contributed by atoms with van der Waals surface area (Å²) in [5.41, 5.74) is 1.24. The predicted molar refractivity (Wildman–Crippen MR) is 92.4 cm³/mol. The number of thiophene rings is 1. The Bertz CT molecular complexity index is 531. The van der Waals surface area contributed by atoms with Crippen LogP contribution in [0, 0.1) is 0 Å². The first-order chi connectivity index (χ1) is 9.67. The van der Waals surface area contributed by atoms with Crippen LogP contribution in [0.15, 0.2) is 26.6 Å². The van der Waals surface area contributed by atoms with Gasteiger partial charge in [0, 0.05) is 22.1 Å². The van der Waals surface area contributed by atoms with Crippen molar-refractivity contribution in [2.75, 3.05) is 6.54 Å². The molecule has 2 aromatic rings. The molecule has 1 unspecified atom stereocenters. The lowest BCUT2D eigenvalue weighted by molar-refractivity contribution is 0.515. The van der Waals surface area contributed by atoms with Gasteiger partial charge in [0.1, 0.15) is 0 Å². The number of aryl methyl sites for hydroxylation is 1. The highest BCUT2D eigenvalue weighted by Crippen LogP contribution is 2.37. The molecule has 0 saturated carbocycles. The van der Waals surface area contributed by atoms with E-state index in [4.69, 9.17) is 0 Å². The van der Waals surface area contributed by atoms with E-state index < -0.39 is 0 Å². The first-order valence-electron chi connectivity index (χ1n) is 6.87. The number of aromatic nitrogens is 2. The van der Waals surface area contributed by atoms with Crippen molar-refractivity contribution in [1.29, 1.82) is 0 Å². The van der Waals surface area contributed by atoms with Crippen molar-refractivity contribution in [3.8, 4) is 0 Å². The van der Waals surface area contributed by atoms with E-state index in [1.54, 1.807) is 11.3 Å². The summed E-state index contributed by atoms with van der Waals surface area (Å²) in [4.78, 5) is 1.30. The van der Waals surface area contributed by atoms with E-state index in [0.717, 1.165) is 34.2 Å². The molecule has 0 spiro atoms. The highest BCUT2D eigenvalue weighted by Gasteiger charge is 2.20. The van der Waals surface area contributed by atoms with Crippen LogP contribution in [0.4, 0.5) is 0 Å². The van der Waals surface area contributed by atoms with Crippen LogP contribution in [0.1, 0.15) is 43.3 Å². The van der Waals surface area contributed by atoms with Gasteiger partial charge in [-0.05, 0) is 63.4 Å². The van der Waals surface area contributed by atoms with Crippen LogP contribution in [-0.4, -0.2) is 16.3 Å². The Morgan fingerprint density at radius 3 is 2.75 bits per heavy atom. The van der Waals surface area contributed by atoms with Gasteiger partial charge in [-0.1, -0.05) is 13.8 Å². The first kappa shape index (κ1) is 16.2. The van der Waals surface area contributed by atoms with Gasteiger partial charge in [0.2, 0.25) is 0 Å². The van der Waals surface area contributed by atoms with Gasteiger partial charge in [0.25, 0.3) is 0 Å². The summed E-state index contributed by atoms with van der Waals surface area (Å²) in [6.07, 6.45) is 4.10. The molecule has 0 radical (unpaired) electrons. The Morgan fingerprint density at radius 1 is 1.35 bits per heavy atom. The minimum Gasteiger partial charge on any atom is -0.304 e. The van der Waals surface area contributed by atoms with Crippen LogP contribution in [0.2, 0.25) is 0 Å². The fourth-order valence-corrected chi connectivity index (χ4v) is 4.31. The van der Waals surface area contributed by atoms with E-state index in [0.29, 0.717) is 0 Å². The van der Waals surface area contributed by atoms with E-state index in [1.807, 2.05) is 6.20 Å². The number of rotatable bonds is 7. The second-order valence-corrected chi connectivity index (χ2v) is 7.89. The number of halogens is 2. The monoisotopic (exact) mass is 419 g/mol. The molecule has 0 amide bonds. The number of nitrogens with one attached hydrogen (secondary N) is 1. The second kappa shape index (κ2) is 7.73. The number of hydrogen-bond donors (Lipinski definition) is 1. The molecule has 0 aliphatic rings. The lowest BCUT2D eigenvalue weighted by atomic mass is 10.1. The molecule has 1 N–H and O–H groups in total. The van der Waals surface area contributed by atoms with Crippen molar-refractivity contribution in [1.82, 2.24) is 15.1 Å². The van der Waals surface area contributed by atoms with Crippen LogP contribution in [0.25, 0.3) is 0 Å². The van der Waals surface area contributed by atoms with Gasteiger partial charge >= 0.3 is 0 Å². The minimum atomic E-state index is 0.205. The SMILES string of the molecule is CCCNC(c1cc(Br)c(Br)s1)c1ccnn1CCC. The summed E-state index contributed by atoms with van der Waals surface area (Å²) in [5, 5.41) is 8.08. The summed E-state index contributed by atoms with van der Waals surface area (Å²) in [5.74, 6) is 0. The standard InChI is InChI=1S/C14H19Br2N3S/c1-3-6-17-13(12-9-10(15)14(16)20-12)11-5-7-18-19(11)8-4-2/h5,7,9,13,17H,3-4,6,8H2,1-2H3. The molecule has 2 aromatic heterocycles. The van der Waals surface area contributed by atoms with Gasteiger partial charge in [-0.25, -0.2) is 0 Å². The molecule has 110 valence electrons. The molecule has 0 aromatic carbocycles. The zero-order chi connectivity index (χ0) is 14.5. The third-order valence-electron chi connectivity index (χ3n) is 3.03. The van der Waals surface area contributed by atoms with E-state index in [1.165, 1.54) is 10.6 Å². The van der Waals surface area contributed by atoms with Crippen molar-refractivity contribution in [2.24, 2.45) is 0 Å². The quantitative estimate of drug-likeness (QED) is 0.685. The van der Waals surface area contributed by atoms with Crippen molar-refractivity contribution >= 4 is 43.2 Å². The molecule has 0 aliphatic carbocycles. The van der Waals surface area contributed by atoms with Crippen molar-refractivity contribution in [3.63, 3.8) is 0 Å². The number of hydrogen-bond acceptors (Lipinski definition) is 3. The average molecular weight is 421 g/mol. The predicted octanol–water partition coefficient (Wildman–Crippen LogP) is 4.97. The smallest absolute Gasteiger partial charge is 0.0843 e. The van der Waals surface area contributed by atoms with Crippen molar-refractivity contribution in [2.45, 2.75) is 39.3 Å². The van der Waals surface area contributed by atoms with Gasteiger partial charge < -0.3 is 5.32 Å². The van der Waals surface area contributed by atoms with E-state index in [2.05, 4.69) is 72.9 Å². The molecular weight excluding hydrogens is 402 g/mol. The molecule has 2 heterocycles. The zero-order valence-electron chi connectivity index (χ0n) is 11.7. The van der Waals surface area contributed by atoms with Gasteiger partial charge in [-0.2, -0.15) is 5.10 Å². The summed E-state index contributed by atoms with van der Waals surface area (Å²) < 4.78 is 4.36. The van der Waals surface area contributed by atoms with Crippen LogP contribution in [0.5, 0.6) is 0 Å². The lowest BCUT2D eigenvalue weighted by Gasteiger charge is -2.18. The zero-order valence-corrected chi connectivity index (χ0v) is 15.7. The largest absolute Gasteiger partial charge is 0.304 e. The molecule has 1 atom stereocenters. The molecule has 20 heavy (non-hydrogen) atoms. The summed E-state index contributed by atoms with van der Waals surface area (Å²) in [7, 11) is 0. The van der Waals surface area contributed by atoms with Crippen LogP contribution >= 0.6 is 43.2 Å². The van der Waals surface area contributed by atoms with Crippen molar-refractivity contribution in [3.05, 3.63) is 37.2 Å². The number of nitrogens with zero attached hydrogens (tertiary/aromatic N) is 2. The third-order valence-corrected chi connectivity index (χ3v) is 6.35. The summed E-state index contributed by atoms with van der Waals surface area (Å²) in [6, 6.07) is 4.51. The first-order valence-corrected chi connectivity index (χ1v) is 9.27. The Labute approximate surface area is 141 Å². The molecule has 6 heteroatoms. The Kier molecular flexibility index (Phi) is 6.26. The van der Waals surface area contributed by atoms with Crippen molar-refractivity contribution < 1.29 is 0 Å². The molecule has 0 fully saturated rings. The molecular formula is C14H19Br2N3S. The lowest BCUT2D eigenvalue weighted by Crippen LogP contribution is -2.25. The highest BCUT2D eigenvalue weighted by molar-refractivity contribution is 9.13. The highest BCUT2D eigenvalue weighted by atomic mass is 79.9. The van der Waals surface area contributed by atoms with E-state index in [9.17, 15) is 0 Å². The summed E-state index contributed by atoms with van der Waals surface area (Å²) >= 11 is 8.93. The van der Waals surface area contributed by atoms with Gasteiger partial charge in [0.15, 0.2) is 0 Å². The maximum absolute atomic E-state index is 4.45. The molecule has 3 nitrogen and oxygen atoms in total. The molecule has 0 bridgehead atoms. The van der Waals surface area contributed by atoms with Gasteiger partial charge in [-0.15, -0.1) is 11.3 Å². The minimum absolute atomic E-state index is 0.205. The molecule has 0 aliphatic heterocycles. The molecule has 0 saturated heterocycles. The van der Waals surface area contributed by atoms with Gasteiger partial charge in [0.05, 0.1) is 15.5 Å². The maximum Gasteiger partial charge on any atom is 0.0843 e. The van der Waals surface area contributed by atoms with Crippen LogP contribution in [0.3, 0.4) is 0 Å². The van der Waals surface area contributed by atoms with E-state index in [-0.39, 0.29) is 6.04 Å². The third kappa shape index (κ3) is 3.72. The fraction of sp³-hybridized carbons (Fsp3) is 0.500.